The first kappa shape index (κ1) is 11.9. The van der Waals surface area contributed by atoms with E-state index in [0.717, 1.165) is 37.3 Å². The van der Waals surface area contributed by atoms with Crippen molar-refractivity contribution in [3.8, 4) is 0 Å². The first-order valence-corrected chi connectivity index (χ1v) is 6.75. The van der Waals surface area contributed by atoms with Gasteiger partial charge in [0, 0.05) is 30.8 Å². The summed E-state index contributed by atoms with van der Waals surface area (Å²) in [6.07, 6.45) is 3.67. The molecule has 2 aliphatic rings. The third-order valence-corrected chi connectivity index (χ3v) is 4.41. The second-order valence-electron chi connectivity index (χ2n) is 5.24. The van der Waals surface area contributed by atoms with Crippen molar-refractivity contribution in [1.82, 2.24) is 4.98 Å². The lowest BCUT2D eigenvalue weighted by molar-refractivity contribution is 0.133. The lowest BCUT2D eigenvalue weighted by Crippen LogP contribution is -2.25. The summed E-state index contributed by atoms with van der Waals surface area (Å²) in [7, 11) is 0. The second kappa shape index (κ2) is 4.48. The monoisotopic (exact) mass is 263 g/mol. The molecule has 2 fully saturated rings. The Morgan fingerprint density at radius 3 is 3.00 bits per heavy atom. The molecule has 96 valence electrons. The maximum Gasteiger partial charge on any atom is 0.129 e. The molecule has 0 amide bonds. The minimum absolute atomic E-state index is 0.140. The Morgan fingerprint density at radius 2 is 2.28 bits per heavy atom. The van der Waals surface area contributed by atoms with Crippen LogP contribution in [0.1, 0.15) is 18.4 Å². The van der Waals surface area contributed by atoms with E-state index in [-0.39, 0.29) is 6.10 Å². The summed E-state index contributed by atoms with van der Waals surface area (Å²) >= 11 is 4.99. The summed E-state index contributed by atoms with van der Waals surface area (Å²) < 4.78 is 0. The molecule has 1 aromatic rings. The van der Waals surface area contributed by atoms with E-state index in [1.807, 2.05) is 12.1 Å². The Morgan fingerprint density at radius 1 is 1.44 bits per heavy atom. The van der Waals surface area contributed by atoms with E-state index in [4.69, 9.17) is 18.0 Å². The summed E-state index contributed by atoms with van der Waals surface area (Å²) in [5.74, 6) is 1.93. The predicted octanol–water partition coefficient (Wildman–Crippen LogP) is 0.923. The van der Waals surface area contributed by atoms with E-state index in [1.165, 1.54) is 0 Å². The van der Waals surface area contributed by atoms with Crippen LogP contribution in [0.25, 0.3) is 0 Å². The smallest absolute Gasteiger partial charge is 0.129 e. The van der Waals surface area contributed by atoms with Crippen LogP contribution in [-0.4, -0.2) is 34.3 Å². The minimum Gasteiger partial charge on any atom is -0.393 e. The molecule has 1 aliphatic carbocycles. The number of aliphatic hydroxyl groups excluding tert-OH is 1. The lowest BCUT2D eigenvalue weighted by atomic mass is 10.00. The van der Waals surface area contributed by atoms with E-state index in [1.54, 1.807) is 6.20 Å². The third-order valence-electron chi connectivity index (χ3n) is 4.17. The highest BCUT2D eigenvalue weighted by Crippen LogP contribution is 2.39. The Balaban J connectivity index is 1.80. The predicted molar refractivity (Wildman–Crippen MR) is 74.6 cm³/mol. The van der Waals surface area contributed by atoms with Gasteiger partial charge in [0.05, 0.1) is 6.10 Å². The van der Waals surface area contributed by atoms with E-state index < -0.39 is 0 Å². The van der Waals surface area contributed by atoms with Gasteiger partial charge in [0.15, 0.2) is 0 Å². The first-order chi connectivity index (χ1) is 8.65. The normalized spacial score (nSPS) is 30.5. The summed E-state index contributed by atoms with van der Waals surface area (Å²) in [6.45, 7) is 1.87. The molecule has 3 atom stereocenters. The average molecular weight is 263 g/mol. The molecule has 3 rings (SSSR count). The fourth-order valence-corrected chi connectivity index (χ4v) is 3.30. The minimum atomic E-state index is -0.140. The highest BCUT2D eigenvalue weighted by atomic mass is 32.1. The molecule has 1 saturated carbocycles. The van der Waals surface area contributed by atoms with E-state index >= 15 is 0 Å². The number of rotatable bonds is 2. The lowest BCUT2D eigenvalue weighted by Gasteiger charge is -2.19. The number of anilines is 1. The molecule has 0 radical (unpaired) electrons. The van der Waals surface area contributed by atoms with Gasteiger partial charge in [-0.25, -0.2) is 4.98 Å². The van der Waals surface area contributed by atoms with Crippen molar-refractivity contribution in [2.75, 3.05) is 18.0 Å². The quantitative estimate of drug-likeness (QED) is 0.777. The molecule has 3 unspecified atom stereocenters. The molecular formula is C13H17N3OS. The summed E-state index contributed by atoms with van der Waals surface area (Å²) in [5.41, 5.74) is 6.49. The van der Waals surface area contributed by atoms with Crippen molar-refractivity contribution >= 4 is 23.0 Å². The molecule has 0 aromatic carbocycles. The molecule has 0 spiro atoms. The van der Waals surface area contributed by atoms with Crippen molar-refractivity contribution in [2.24, 2.45) is 17.6 Å². The molecular weight excluding hydrogens is 246 g/mol. The maximum absolute atomic E-state index is 9.92. The number of fused-ring (bicyclic) bond motifs is 1. The van der Waals surface area contributed by atoms with Crippen molar-refractivity contribution in [3.05, 3.63) is 23.9 Å². The van der Waals surface area contributed by atoms with Crippen molar-refractivity contribution in [3.63, 3.8) is 0 Å². The number of nitrogens with two attached hydrogens (primary N) is 1. The van der Waals surface area contributed by atoms with Gasteiger partial charge in [0.1, 0.15) is 10.8 Å². The first-order valence-electron chi connectivity index (χ1n) is 6.34. The molecule has 0 bridgehead atoms. The molecule has 1 saturated heterocycles. The van der Waals surface area contributed by atoms with Crippen LogP contribution in [0.2, 0.25) is 0 Å². The second-order valence-corrected chi connectivity index (χ2v) is 5.68. The molecule has 5 heteroatoms. The van der Waals surface area contributed by atoms with Gasteiger partial charge in [-0.05, 0) is 30.9 Å². The number of pyridine rings is 1. The van der Waals surface area contributed by atoms with Crippen LogP contribution in [0.15, 0.2) is 18.3 Å². The Hall–Kier alpha value is -1.20. The maximum atomic E-state index is 9.92. The zero-order chi connectivity index (χ0) is 12.7. The molecule has 18 heavy (non-hydrogen) atoms. The van der Waals surface area contributed by atoms with Gasteiger partial charge in [-0.3, -0.25) is 0 Å². The van der Waals surface area contributed by atoms with Crippen molar-refractivity contribution in [2.45, 2.75) is 18.9 Å². The number of aliphatic hydroxyl groups is 1. The highest BCUT2D eigenvalue weighted by molar-refractivity contribution is 7.80. The van der Waals surface area contributed by atoms with E-state index in [0.29, 0.717) is 16.8 Å². The Labute approximate surface area is 112 Å². The van der Waals surface area contributed by atoms with Gasteiger partial charge >= 0.3 is 0 Å². The molecule has 2 heterocycles. The van der Waals surface area contributed by atoms with Gasteiger partial charge in [0.25, 0.3) is 0 Å². The van der Waals surface area contributed by atoms with Crippen LogP contribution in [-0.2, 0) is 0 Å². The number of thiocarbonyl (C=S) groups is 1. The number of hydrogen-bond acceptors (Lipinski definition) is 4. The third kappa shape index (κ3) is 1.97. The Kier molecular flexibility index (Phi) is 2.95. The van der Waals surface area contributed by atoms with Crippen molar-refractivity contribution < 1.29 is 5.11 Å². The number of nitrogens with zero attached hydrogens (tertiary/aromatic N) is 2. The molecule has 1 aromatic heterocycles. The number of aromatic nitrogens is 1. The highest BCUT2D eigenvalue weighted by Gasteiger charge is 2.42. The van der Waals surface area contributed by atoms with Crippen LogP contribution in [0, 0.1) is 11.8 Å². The van der Waals surface area contributed by atoms with Crippen LogP contribution in [0.5, 0.6) is 0 Å². The van der Waals surface area contributed by atoms with Gasteiger partial charge in [-0.1, -0.05) is 12.2 Å². The van der Waals surface area contributed by atoms with Crippen LogP contribution < -0.4 is 10.6 Å². The van der Waals surface area contributed by atoms with Crippen LogP contribution >= 0.6 is 12.2 Å². The summed E-state index contributed by atoms with van der Waals surface area (Å²) in [6, 6.07) is 3.77. The SMILES string of the molecule is NC(=S)c1ccnc(N2CC3CCC(O)C3C2)c1. The van der Waals surface area contributed by atoms with Crippen molar-refractivity contribution in [1.29, 1.82) is 0 Å². The molecule has 4 nitrogen and oxygen atoms in total. The summed E-state index contributed by atoms with van der Waals surface area (Å²) in [4.78, 5) is 7.02. The largest absolute Gasteiger partial charge is 0.393 e. The number of hydrogen-bond donors (Lipinski definition) is 2. The topological polar surface area (TPSA) is 62.4 Å². The van der Waals surface area contributed by atoms with Gasteiger partial charge in [-0.2, -0.15) is 0 Å². The summed E-state index contributed by atoms with van der Waals surface area (Å²) in [5, 5.41) is 9.92. The molecule has 1 aliphatic heterocycles. The van der Waals surface area contributed by atoms with Gasteiger partial charge < -0.3 is 15.7 Å². The van der Waals surface area contributed by atoms with Gasteiger partial charge in [-0.15, -0.1) is 0 Å². The van der Waals surface area contributed by atoms with Crippen LogP contribution in [0.4, 0.5) is 5.82 Å². The zero-order valence-corrected chi connectivity index (χ0v) is 10.9. The Bertz CT molecular complexity index is 479. The van der Waals surface area contributed by atoms with Gasteiger partial charge in [0.2, 0.25) is 0 Å². The molecule has 3 N–H and O–H groups in total. The average Bonchev–Trinajstić information content (AvgIpc) is 2.92. The fourth-order valence-electron chi connectivity index (χ4n) is 3.17. The standard InChI is InChI=1S/C13H17N3OS/c14-13(18)8-3-4-15-12(5-8)16-6-9-1-2-11(17)10(9)7-16/h3-5,9-11,17H,1-2,6-7H2,(H2,14,18). The fraction of sp³-hybridized carbons (Fsp3) is 0.538. The zero-order valence-electron chi connectivity index (χ0n) is 10.1. The van der Waals surface area contributed by atoms with E-state index in [9.17, 15) is 5.11 Å². The van der Waals surface area contributed by atoms with E-state index in [2.05, 4.69) is 9.88 Å². The van der Waals surface area contributed by atoms with Crippen LogP contribution in [0.3, 0.4) is 0 Å².